The van der Waals surface area contributed by atoms with Gasteiger partial charge in [-0.05, 0) is 20.8 Å². The van der Waals surface area contributed by atoms with E-state index in [-0.39, 0.29) is 18.2 Å². The summed E-state index contributed by atoms with van der Waals surface area (Å²) in [6.07, 6.45) is -0.101. The number of amides is 1. The van der Waals surface area contributed by atoms with Crippen molar-refractivity contribution in [1.29, 1.82) is 0 Å². The Bertz CT molecular complexity index is 275. The Morgan fingerprint density at radius 1 is 1.44 bits per heavy atom. The highest BCUT2D eigenvalue weighted by Crippen LogP contribution is 2.20. The van der Waals surface area contributed by atoms with Crippen molar-refractivity contribution in [1.82, 2.24) is 10.2 Å². The second kappa shape index (κ2) is 4.22. The molecular weight excluding hydrogens is 208 g/mol. The van der Waals surface area contributed by atoms with Crippen LogP contribution in [0.25, 0.3) is 0 Å². The molecule has 2 heterocycles. The van der Waals surface area contributed by atoms with Crippen LogP contribution in [0, 0.1) is 0 Å². The van der Waals surface area contributed by atoms with Gasteiger partial charge in [0.05, 0.1) is 18.8 Å². The van der Waals surface area contributed by atoms with Gasteiger partial charge in [0, 0.05) is 19.6 Å². The fourth-order valence-corrected chi connectivity index (χ4v) is 2.14. The van der Waals surface area contributed by atoms with Gasteiger partial charge in [-0.15, -0.1) is 0 Å². The first-order valence-electron chi connectivity index (χ1n) is 5.79. The molecule has 0 unspecified atom stereocenters. The van der Waals surface area contributed by atoms with E-state index in [1.165, 1.54) is 0 Å². The van der Waals surface area contributed by atoms with Crippen molar-refractivity contribution in [2.75, 3.05) is 26.2 Å². The summed E-state index contributed by atoms with van der Waals surface area (Å²) in [7, 11) is 0. The monoisotopic (exact) mass is 228 g/mol. The van der Waals surface area contributed by atoms with Gasteiger partial charge in [-0.1, -0.05) is 0 Å². The van der Waals surface area contributed by atoms with Gasteiger partial charge in [-0.2, -0.15) is 0 Å². The average molecular weight is 228 g/mol. The van der Waals surface area contributed by atoms with E-state index < -0.39 is 5.60 Å². The molecule has 16 heavy (non-hydrogen) atoms. The third-order valence-electron chi connectivity index (χ3n) is 2.82. The van der Waals surface area contributed by atoms with E-state index in [1.807, 2.05) is 20.8 Å². The molecule has 0 aromatic heterocycles. The van der Waals surface area contributed by atoms with Gasteiger partial charge >= 0.3 is 6.09 Å². The largest absolute Gasteiger partial charge is 0.444 e. The molecule has 2 atom stereocenters. The number of carbonyl (C=O) groups is 1. The van der Waals surface area contributed by atoms with Crippen LogP contribution in [-0.2, 0) is 9.47 Å². The second-order valence-corrected chi connectivity index (χ2v) is 5.31. The third-order valence-corrected chi connectivity index (χ3v) is 2.82. The maximum Gasteiger partial charge on any atom is 0.410 e. The smallest absolute Gasteiger partial charge is 0.410 e. The lowest BCUT2D eigenvalue weighted by molar-refractivity contribution is -0.0567. The highest BCUT2D eigenvalue weighted by atomic mass is 16.6. The van der Waals surface area contributed by atoms with Crippen LogP contribution in [0.2, 0.25) is 0 Å². The number of nitrogens with zero attached hydrogens (tertiary/aromatic N) is 1. The van der Waals surface area contributed by atoms with Crippen LogP contribution < -0.4 is 5.32 Å². The predicted octanol–water partition coefficient (Wildman–Crippen LogP) is 0.594. The lowest BCUT2D eigenvalue weighted by atomic mass is 10.1. The standard InChI is InChI=1S/C11H20N2O3/c1-11(2,3)16-10(14)13-4-5-15-9-7-12-6-8(9)13/h8-9,12H,4-7H2,1-3H3/t8-,9-/m1/s1. The van der Waals surface area contributed by atoms with Crippen LogP contribution in [0.5, 0.6) is 0 Å². The second-order valence-electron chi connectivity index (χ2n) is 5.31. The molecule has 0 aromatic carbocycles. The molecule has 0 spiro atoms. The summed E-state index contributed by atoms with van der Waals surface area (Å²) in [6, 6.07) is 0.128. The van der Waals surface area contributed by atoms with Gasteiger partial charge in [0.25, 0.3) is 0 Å². The average Bonchev–Trinajstić information content (AvgIpc) is 2.61. The SMILES string of the molecule is CC(C)(C)OC(=O)N1CCO[C@@H]2CNC[C@H]21. The summed E-state index contributed by atoms with van der Waals surface area (Å²) in [5, 5.41) is 3.24. The van der Waals surface area contributed by atoms with Crippen LogP contribution in [-0.4, -0.2) is 55.0 Å². The van der Waals surface area contributed by atoms with Gasteiger partial charge in [0.2, 0.25) is 0 Å². The summed E-state index contributed by atoms with van der Waals surface area (Å²) in [5.74, 6) is 0. The van der Waals surface area contributed by atoms with Gasteiger partial charge in [0.15, 0.2) is 0 Å². The zero-order valence-corrected chi connectivity index (χ0v) is 10.2. The Balaban J connectivity index is 2.00. The molecule has 5 nitrogen and oxygen atoms in total. The molecule has 0 radical (unpaired) electrons. The zero-order chi connectivity index (χ0) is 11.8. The number of rotatable bonds is 0. The first kappa shape index (κ1) is 11.7. The molecule has 0 aliphatic carbocycles. The van der Waals surface area contributed by atoms with Crippen molar-refractivity contribution in [3.8, 4) is 0 Å². The van der Waals surface area contributed by atoms with Crippen molar-refractivity contribution < 1.29 is 14.3 Å². The predicted molar refractivity (Wildman–Crippen MR) is 59.3 cm³/mol. The van der Waals surface area contributed by atoms with Gasteiger partial charge in [-0.25, -0.2) is 4.79 Å². The van der Waals surface area contributed by atoms with Crippen LogP contribution >= 0.6 is 0 Å². The number of fused-ring (bicyclic) bond motifs is 1. The number of nitrogens with one attached hydrogen (secondary N) is 1. The normalized spacial score (nSPS) is 30.1. The van der Waals surface area contributed by atoms with Crippen LogP contribution in [0.4, 0.5) is 4.79 Å². The van der Waals surface area contributed by atoms with E-state index >= 15 is 0 Å². The molecule has 0 aromatic rings. The molecule has 2 fully saturated rings. The number of carbonyl (C=O) groups excluding carboxylic acids is 1. The minimum atomic E-state index is -0.434. The van der Waals surface area contributed by atoms with Gasteiger partial charge in [0.1, 0.15) is 5.60 Å². The molecule has 2 aliphatic heterocycles. The van der Waals surface area contributed by atoms with E-state index in [1.54, 1.807) is 4.90 Å². The molecule has 92 valence electrons. The number of hydrogen-bond donors (Lipinski definition) is 1. The molecule has 0 saturated carbocycles. The number of hydrogen-bond acceptors (Lipinski definition) is 4. The molecule has 1 N–H and O–H groups in total. The van der Waals surface area contributed by atoms with Crippen molar-refractivity contribution >= 4 is 6.09 Å². The van der Waals surface area contributed by atoms with Crippen LogP contribution in [0.15, 0.2) is 0 Å². The zero-order valence-electron chi connectivity index (χ0n) is 10.2. The first-order chi connectivity index (χ1) is 7.47. The Hall–Kier alpha value is -0.810. The van der Waals surface area contributed by atoms with Crippen molar-refractivity contribution in [2.45, 2.75) is 38.5 Å². The van der Waals surface area contributed by atoms with E-state index in [2.05, 4.69) is 5.32 Å². The van der Waals surface area contributed by atoms with E-state index in [0.29, 0.717) is 13.2 Å². The molecular formula is C11H20N2O3. The topological polar surface area (TPSA) is 50.8 Å². The highest BCUT2D eigenvalue weighted by molar-refractivity contribution is 5.69. The summed E-state index contributed by atoms with van der Waals surface area (Å²) in [4.78, 5) is 13.8. The Morgan fingerprint density at radius 3 is 2.88 bits per heavy atom. The summed E-state index contributed by atoms with van der Waals surface area (Å²) < 4.78 is 11.0. The third kappa shape index (κ3) is 2.47. The fraction of sp³-hybridized carbons (Fsp3) is 0.909. The molecule has 2 saturated heterocycles. The summed E-state index contributed by atoms with van der Waals surface area (Å²) >= 11 is 0. The van der Waals surface area contributed by atoms with Crippen molar-refractivity contribution in [3.63, 3.8) is 0 Å². The lowest BCUT2D eigenvalue weighted by Gasteiger charge is -2.37. The van der Waals surface area contributed by atoms with Gasteiger partial charge < -0.3 is 14.8 Å². The van der Waals surface area contributed by atoms with E-state index in [4.69, 9.17) is 9.47 Å². The van der Waals surface area contributed by atoms with E-state index in [9.17, 15) is 4.79 Å². The Morgan fingerprint density at radius 2 is 2.19 bits per heavy atom. The quantitative estimate of drug-likeness (QED) is 0.659. The van der Waals surface area contributed by atoms with Crippen molar-refractivity contribution in [3.05, 3.63) is 0 Å². The van der Waals surface area contributed by atoms with Gasteiger partial charge in [-0.3, -0.25) is 4.90 Å². The van der Waals surface area contributed by atoms with Crippen LogP contribution in [0.1, 0.15) is 20.8 Å². The molecule has 5 heteroatoms. The summed E-state index contributed by atoms with van der Waals surface area (Å²) in [5.41, 5.74) is -0.434. The molecule has 2 aliphatic rings. The highest BCUT2D eigenvalue weighted by Gasteiger charge is 2.39. The van der Waals surface area contributed by atoms with Crippen molar-refractivity contribution in [2.24, 2.45) is 0 Å². The Kier molecular flexibility index (Phi) is 3.08. The number of ether oxygens (including phenoxy) is 2. The molecule has 1 amide bonds. The van der Waals surface area contributed by atoms with E-state index in [0.717, 1.165) is 13.1 Å². The molecule has 2 rings (SSSR count). The minimum Gasteiger partial charge on any atom is -0.444 e. The van der Waals surface area contributed by atoms with Crippen LogP contribution in [0.3, 0.4) is 0 Å². The fourth-order valence-electron chi connectivity index (χ4n) is 2.14. The Labute approximate surface area is 96.1 Å². The summed E-state index contributed by atoms with van der Waals surface area (Å²) in [6.45, 7) is 8.49. The molecule has 0 bridgehead atoms. The maximum absolute atomic E-state index is 12.0. The number of morpholine rings is 1. The minimum absolute atomic E-state index is 0.126. The first-order valence-corrected chi connectivity index (χ1v) is 5.79. The maximum atomic E-state index is 12.0. The lowest BCUT2D eigenvalue weighted by Crippen LogP contribution is -2.54.